The van der Waals surface area contributed by atoms with Gasteiger partial charge in [0.25, 0.3) is 0 Å². The van der Waals surface area contributed by atoms with E-state index in [9.17, 15) is 0 Å². The van der Waals surface area contributed by atoms with E-state index in [1.165, 1.54) is 5.69 Å². The minimum Gasteiger partial charge on any atom is -0.390 e. The maximum Gasteiger partial charge on any atom is 0.101 e. The maximum atomic E-state index is 5.64. The zero-order valence-electron chi connectivity index (χ0n) is 8.52. The van der Waals surface area contributed by atoms with Crippen LogP contribution in [-0.2, 0) is 0 Å². The van der Waals surface area contributed by atoms with Crippen LogP contribution in [-0.4, -0.2) is 11.5 Å². The topological polar surface area (TPSA) is 29.3 Å². The Labute approximate surface area is 95.4 Å². The summed E-state index contributed by atoms with van der Waals surface area (Å²) in [5.41, 5.74) is 7.93. The smallest absolute Gasteiger partial charge is 0.101 e. The van der Waals surface area contributed by atoms with Crippen LogP contribution in [0.2, 0.25) is 0 Å². The molecule has 0 aromatic heterocycles. The van der Waals surface area contributed by atoms with Crippen molar-refractivity contribution in [2.75, 3.05) is 11.4 Å². The van der Waals surface area contributed by atoms with E-state index in [2.05, 4.69) is 23.2 Å². The lowest BCUT2D eigenvalue weighted by Gasteiger charge is -2.26. The van der Waals surface area contributed by atoms with Gasteiger partial charge in [-0.05, 0) is 25.0 Å². The van der Waals surface area contributed by atoms with Crippen molar-refractivity contribution in [2.45, 2.75) is 12.8 Å². The Morgan fingerprint density at radius 3 is 2.67 bits per heavy atom. The Hall–Kier alpha value is -1.35. The molecule has 0 radical (unpaired) electrons. The molecule has 1 aromatic carbocycles. The van der Waals surface area contributed by atoms with Crippen molar-refractivity contribution in [1.29, 1.82) is 0 Å². The molecule has 1 aromatic rings. The monoisotopic (exact) mass is 218 g/mol. The van der Waals surface area contributed by atoms with Crippen LogP contribution in [0.25, 0.3) is 0 Å². The SMILES string of the molecule is NC(=S)C1=CN(c2ccccc2)CCC1. The predicted molar refractivity (Wildman–Crippen MR) is 67.9 cm³/mol. The van der Waals surface area contributed by atoms with Crippen LogP contribution in [0.1, 0.15) is 12.8 Å². The highest BCUT2D eigenvalue weighted by molar-refractivity contribution is 7.80. The Balaban J connectivity index is 2.24. The number of nitrogens with two attached hydrogens (primary N) is 1. The third-order valence-corrected chi connectivity index (χ3v) is 2.82. The number of para-hydroxylation sites is 1. The quantitative estimate of drug-likeness (QED) is 0.773. The lowest BCUT2D eigenvalue weighted by atomic mass is 10.1. The molecular weight excluding hydrogens is 204 g/mol. The molecule has 15 heavy (non-hydrogen) atoms. The van der Waals surface area contributed by atoms with E-state index in [1.54, 1.807) is 0 Å². The van der Waals surface area contributed by atoms with Crippen molar-refractivity contribution >= 4 is 22.9 Å². The number of rotatable bonds is 2. The first-order valence-electron chi connectivity index (χ1n) is 5.09. The normalized spacial score (nSPS) is 16.0. The third kappa shape index (κ3) is 2.36. The van der Waals surface area contributed by atoms with Crippen LogP contribution in [0.15, 0.2) is 42.1 Å². The highest BCUT2D eigenvalue weighted by Crippen LogP contribution is 2.21. The fraction of sp³-hybridized carbons (Fsp3) is 0.250. The van der Waals surface area contributed by atoms with Crippen LogP contribution in [0.3, 0.4) is 0 Å². The first kappa shape index (κ1) is 10.2. The zero-order valence-corrected chi connectivity index (χ0v) is 9.33. The molecule has 0 aliphatic carbocycles. The van der Waals surface area contributed by atoms with E-state index >= 15 is 0 Å². The van der Waals surface area contributed by atoms with Crippen molar-refractivity contribution in [2.24, 2.45) is 5.73 Å². The molecule has 0 saturated carbocycles. The summed E-state index contributed by atoms with van der Waals surface area (Å²) in [5, 5.41) is 0. The van der Waals surface area contributed by atoms with Gasteiger partial charge in [0.2, 0.25) is 0 Å². The van der Waals surface area contributed by atoms with Crippen molar-refractivity contribution in [3.63, 3.8) is 0 Å². The maximum absolute atomic E-state index is 5.64. The van der Waals surface area contributed by atoms with Crippen molar-refractivity contribution < 1.29 is 0 Å². The summed E-state index contributed by atoms with van der Waals surface area (Å²) in [7, 11) is 0. The molecule has 0 amide bonds. The zero-order chi connectivity index (χ0) is 10.7. The Morgan fingerprint density at radius 1 is 1.27 bits per heavy atom. The number of thiocarbonyl (C=S) groups is 1. The molecular formula is C12H14N2S. The number of nitrogens with zero attached hydrogens (tertiary/aromatic N) is 1. The average Bonchev–Trinajstić information content (AvgIpc) is 2.30. The van der Waals surface area contributed by atoms with Gasteiger partial charge in [0.15, 0.2) is 0 Å². The van der Waals surface area contributed by atoms with Crippen molar-refractivity contribution in [3.05, 3.63) is 42.1 Å². The standard InChI is InChI=1S/C12H14N2S/c13-12(15)10-5-4-8-14(9-10)11-6-2-1-3-7-11/h1-3,6-7,9H,4-5,8H2,(H2,13,15). The second-order valence-corrected chi connectivity index (χ2v) is 4.09. The first-order chi connectivity index (χ1) is 7.27. The molecule has 2 nitrogen and oxygen atoms in total. The van der Waals surface area contributed by atoms with Crippen LogP contribution < -0.4 is 10.6 Å². The summed E-state index contributed by atoms with van der Waals surface area (Å²) in [6.45, 7) is 1.04. The van der Waals surface area contributed by atoms with Gasteiger partial charge < -0.3 is 10.6 Å². The summed E-state index contributed by atoms with van der Waals surface area (Å²) in [4.78, 5) is 2.73. The molecule has 0 saturated heterocycles. The second kappa shape index (κ2) is 4.45. The van der Waals surface area contributed by atoms with Gasteiger partial charge >= 0.3 is 0 Å². The van der Waals surface area contributed by atoms with Crippen LogP contribution in [0.5, 0.6) is 0 Å². The minimum atomic E-state index is 0.524. The first-order valence-corrected chi connectivity index (χ1v) is 5.50. The highest BCUT2D eigenvalue weighted by Gasteiger charge is 2.12. The fourth-order valence-electron chi connectivity index (χ4n) is 1.77. The summed E-state index contributed by atoms with van der Waals surface area (Å²) >= 11 is 5.00. The summed E-state index contributed by atoms with van der Waals surface area (Å²) in [6, 6.07) is 10.3. The summed E-state index contributed by atoms with van der Waals surface area (Å²) in [6.07, 6.45) is 4.18. The Bertz CT molecular complexity index is 384. The van der Waals surface area contributed by atoms with Gasteiger partial charge in [-0.3, -0.25) is 0 Å². The van der Waals surface area contributed by atoms with Crippen LogP contribution in [0.4, 0.5) is 5.69 Å². The van der Waals surface area contributed by atoms with E-state index in [-0.39, 0.29) is 0 Å². The van der Waals surface area contributed by atoms with Crippen molar-refractivity contribution in [1.82, 2.24) is 0 Å². The molecule has 0 atom stereocenters. The van der Waals surface area contributed by atoms with E-state index < -0.39 is 0 Å². The number of anilines is 1. The average molecular weight is 218 g/mol. The molecule has 0 unspecified atom stereocenters. The molecule has 0 bridgehead atoms. The van der Waals surface area contributed by atoms with Gasteiger partial charge in [-0.2, -0.15) is 0 Å². The second-order valence-electron chi connectivity index (χ2n) is 3.65. The van der Waals surface area contributed by atoms with Gasteiger partial charge in [0, 0.05) is 24.0 Å². The molecule has 2 rings (SSSR count). The molecule has 1 heterocycles. The number of hydrogen-bond acceptors (Lipinski definition) is 2. The molecule has 1 aliphatic heterocycles. The Morgan fingerprint density at radius 2 is 2.00 bits per heavy atom. The van der Waals surface area contributed by atoms with Crippen molar-refractivity contribution in [3.8, 4) is 0 Å². The molecule has 0 fully saturated rings. The molecule has 2 N–H and O–H groups in total. The molecule has 78 valence electrons. The van der Waals surface area contributed by atoms with E-state index in [0.29, 0.717) is 4.99 Å². The van der Waals surface area contributed by atoms with Gasteiger partial charge in [-0.1, -0.05) is 30.4 Å². The minimum absolute atomic E-state index is 0.524. The summed E-state index contributed by atoms with van der Waals surface area (Å²) in [5.74, 6) is 0. The van der Waals surface area contributed by atoms with Gasteiger partial charge in [0.05, 0.1) is 0 Å². The number of hydrogen-bond donors (Lipinski definition) is 1. The fourth-order valence-corrected chi connectivity index (χ4v) is 1.92. The van der Waals surface area contributed by atoms with E-state index in [1.807, 2.05) is 18.2 Å². The van der Waals surface area contributed by atoms with Crippen LogP contribution in [0, 0.1) is 0 Å². The summed E-state index contributed by atoms with van der Waals surface area (Å²) < 4.78 is 0. The largest absolute Gasteiger partial charge is 0.390 e. The van der Waals surface area contributed by atoms with Gasteiger partial charge in [-0.15, -0.1) is 0 Å². The van der Waals surface area contributed by atoms with Crippen LogP contribution >= 0.6 is 12.2 Å². The van der Waals surface area contributed by atoms with Gasteiger partial charge in [-0.25, -0.2) is 0 Å². The Kier molecular flexibility index (Phi) is 3.02. The van der Waals surface area contributed by atoms with Gasteiger partial charge in [0.1, 0.15) is 4.99 Å². The van der Waals surface area contributed by atoms with E-state index in [0.717, 1.165) is 25.0 Å². The number of benzene rings is 1. The highest BCUT2D eigenvalue weighted by atomic mass is 32.1. The molecule has 0 spiro atoms. The lowest BCUT2D eigenvalue weighted by Crippen LogP contribution is -2.26. The predicted octanol–water partition coefficient (Wildman–Crippen LogP) is 2.46. The molecule has 3 heteroatoms. The molecule has 1 aliphatic rings. The van der Waals surface area contributed by atoms with E-state index in [4.69, 9.17) is 18.0 Å². The lowest BCUT2D eigenvalue weighted by molar-refractivity contribution is 0.771. The third-order valence-electron chi connectivity index (χ3n) is 2.56.